The van der Waals surface area contributed by atoms with Gasteiger partial charge in [0.25, 0.3) is 5.91 Å². The number of alkyl halides is 1. The lowest BCUT2D eigenvalue weighted by molar-refractivity contribution is 0.0930. The third kappa shape index (κ3) is 4.38. The Hall–Kier alpha value is -0.940. The van der Waals surface area contributed by atoms with Crippen LogP contribution in [0.5, 0.6) is 0 Å². The molecule has 0 aliphatic carbocycles. The number of nitrogens with one attached hydrogen (secondary N) is 1. The maximum absolute atomic E-state index is 13.4. The summed E-state index contributed by atoms with van der Waals surface area (Å²) < 4.78 is 18.3. The SMILES string of the molecule is COCCC(CBr)NC(=O)c1ccc(C)c(F)c1. The maximum Gasteiger partial charge on any atom is 0.251 e. The van der Waals surface area contributed by atoms with Crippen LogP contribution < -0.4 is 5.32 Å². The van der Waals surface area contributed by atoms with Gasteiger partial charge >= 0.3 is 0 Å². The summed E-state index contributed by atoms with van der Waals surface area (Å²) in [6, 6.07) is 4.45. The first-order chi connectivity index (χ1) is 8.58. The molecule has 3 nitrogen and oxygen atoms in total. The highest BCUT2D eigenvalue weighted by Gasteiger charge is 2.13. The van der Waals surface area contributed by atoms with Gasteiger partial charge in [0.2, 0.25) is 0 Å². The molecule has 1 unspecified atom stereocenters. The lowest BCUT2D eigenvalue weighted by Gasteiger charge is -2.15. The summed E-state index contributed by atoms with van der Waals surface area (Å²) in [7, 11) is 1.61. The number of methoxy groups -OCH3 is 1. The van der Waals surface area contributed by atoms with Crippen molar-refractivity contribution in [1.82, 2.24) is 5.32 Å². The molecule has 0 bridgehead atoms. The summed E-state index contributed by atoms with van der Waals surface area (Å²) >= 11 is 3.33. The number of aryl methyl sites for hydroxylation is 1. The summed E-state index contributed by atoms with van der Waals surface area (Å²) in [5, 5.41) is 3.47. The Kier molecular flexibility index (Phi) is 6.29. The van der Waals surface area contributed by atoms with E-state index in [0.29, 0.717) is 29.5 Å². The number of hydrogen-bond donors (Lipinski definition) is 1. The lowest BCUT2D eigenvalue weighted by atomic mass is 10.1. The number of ether oxygens (including phenoxy) is 1. The molecule has 0 fully saturated rings. The van der Waals surface area contributed by atoms with Gasteiger partial charge in [-0.25, -0.2) is 4.39 Å². The fraction of sp³-hybridized carbons (Fsp3) is 0.462. The highest BCUT2D eigenvalue weighted by atomic mass is 79.9. The quantitative estimate of drug-likeness (QED) is 0.819. The molecule has 0 spiro atoms. The predicted molar refractivity (Wildman–Crippen MR) is 72.7 cm³/mol. The van der Waals surface area contributed by atoms with Gasteiger partial charge in [-0.3, -0.25) is 4.79 Å². The molecule has 1 atom stereocenters. The van der Waals surface area contributed by atoms with E-state index in [2.05, 4.69) is 21.2 Å². The Morgan fingerprint density at radius 3 is 2.83 bits per heavy atom. The molecule has 0 saturated heterocycles. The van der Waals surface area contributed by atoms with Crippen molar-refractivity contribution in [2.45, 2.75) is 19.4 Å². The van der Waals surface area contributed by atoms with Crippen LogP contribution >= 0.6 is 15.9 Å². The Morgan fingerprint density at radius 1 is 1.56 bits per heavy atom. The van der Waals surface area contributed by atoms with Gasteiger partial charge in [-0.2, -0.15) is 0 Å². The molecule has 18 heavy (non-hydrogen) atoms. The summed E-state index contributed by atoms with van der Waals surface area (Å²) in [5.74, 6) is -0.635. The monoisotopic (exact) mass is 317 g/mol. The van der Waals surface area contributed by atoms with E-state index < -0.39 is 0 Å². The van der Waals surface area contributed by atoms with Gasteiger partial charge < -0.3 is 10.1 Å². The topological polar surface area (TPSA) is 38.3 Å². The van der Waals surface area contributed by atoms with E-state index in [0.717, 1.165) is 0 Å². The summed E-state index contributed by atoms with van der Waals surface area (Å²) in [5.41, 5.74) is 0.865. The number of rotatable bonds is 6. The average Bonchev–Trinajstić information content (AvgIpc) is 2.37. The largest absolute Gasteiger partial charge is 0.385 e. The zero-order chi connectivity index (χ0) is 13.5. The van der Waals surface area contributed by atoms with Crippen molar-refractivity contribution < 1.29 is 13.9 Å². The average molecular weight is 318 g/mol. The minimum Gasteiger partial charge on any atom is -0.385 e. The number of halogens is 2. The fourth-order valence-corrected chi connectivity index (χ4v) is 1.94. The second kappa shape index (κ2) is 7.48. The molecule has 1 aromatic carbocycles. The molecule has 0 aromatic heterocycles. The van der Waals surface area contributed by atoms with E-state index in [1.165, 1.54) is 6.07 Å². The van der Waals surface area contributed by atoms with Crippen molar-refractivity contribution in [3.05, 3.63) is 35.1 Å². The first-order valence-electron chi connectivity index (χ1n) is 5.70. The Morgan fingerprint density at radius 2 is 2.28 bits per heavy atom. The van der Waals surface area contributed by atoms with E-state index in [9.17, 15) is 9.18 Å². The van der Waals surface area contributed by atoms with Crippen molar-refractivity contribution in [1.29, 1.82) is 0 Å². The Bertz CT molecular complexity index is 412. The molecule has 1 amide bonds. The van der Waals surface area contributed by atoms with E-state index in [1.54, 1.807) is 26.2 Å². The van der Waals surface area contributed by atoms with Crippen LogP contribution in [0.3, 0.4) is 0 Å². The standard InChI is InChI=1S/C13H17BrFNO2/c1-9-3-4-10(7-12(9)15)13(17)16-11(8-14)5-6-18-2/h3-4,7,11H,5-6,8H2,1-2H3,(H,16,17). The zero-order valence-electron chi connectivity index (χ0n) is 10.5. The van der Waals surface area contributed by atoms with Gasteiger partial charge in [-0.05, 0) is 31.0 Å². The zero-order valence-corrected chi connectivity index (χ0v) is 12.1. The number of hydrogen-bond acceptors (Lipinski definition) is 2. The molecule has 0 aliphatic heterocycles. The third-order valence-corrected chi connectivity index (χ3v) is 3.41. The number of carbonyl (C=O) groups excluding carboxylic acids is 1. The van der Waals surface area contributed by atoms with Crippen molar-refractivity contribution >= 4 is 21.8 Å². The van der Waals surface area contributed by atoms with Crippen LogP contribution in [0.1, 0.15) is 22.3 Å². The molecular formula is C13H17BrFNO2. The third-order valence-electron chi connectivity index (χ3n) is 2.63. The molecule has 5 heteroatoms. The summed E-state index contributed by atoms with van der Waals surface area (Å²) in [4.78, 5) is 11.9. The summed E-state index contributed by atoms with van der Waals surface area (Å²) in [6.45, 7) is 2.23. The highest BCUT2D eigenvalue weighted by Crippen LogP contribution is 2.10. The normalized spacial score (nSPS) is 12.2. The number of carbonyl (C=O) groups is 1. The van der Waals surface area contributed by atoms with E-state index in [1.807, 2.05) is 0 Å². The Labute approximate surface area is 115 Å². The number of benzene rings is 1. The number of amides is 1. The summed E-state index contributed by atoms with van der Waals surface area (Å²) in [6.07, 6.45) is 0.710. The van der Waals surface area contributed by atoms with Crippen LogP contribution in [-0.2, 0) is 4.74 Å². The predicted octanol–water partition coefficient (Wildman–Crippen LogP) is 2.66. The van der Waals surface area contributed by atoms with Crippen molar-refractivity contribution in [3.63, 3.8) is 0 Å². The second-order valence-corrected chi connectivity index (χ2v) is 4.72. The second-order valence-electron chi connectivity index (χ2n) is 4.07. The van der Waals surface area contributed by atoms with Gasteiger partial charge in [-0.1, -0.05) is 22.0 Å². The van der Waals surface area contributed by atoms with Crippen LogP contribution in [0, 0.1) is 12.7 Å². The first-order valence-corrected chi connectivity index (χ1v) is 6.82. The van der Waals surface area contributed by atoms with Gasteiger partial charge in [-0.15, -0.1) is 0 Å². The van der Waals surface area contributed by atoms with Gasteiger partial charge in [0.1, 0.15) is 5.82 Å². The fourth-order valence-electron chi connectivity index (χ4n) is 1.45. The molecule has 0 radical (unpaired) electrons. The minimum atomic E-state index is -0.366. The lowest BCUT2D eigenvalue weighted by Crippen LogP contribution is -2.36. The van der Waals surface area contributed by atoms with Crippen molar-refractivity contribution in [2.24, 2.45) is 0 Å². The smallest absolute Gasteiger partial charge is 0.251 e. The minimum absolute atomic E-state index is 0.0261. The molecule has 0 heterocycles. The molecule has 100 valence electrons. The maximum atomic E-state index is 13.4. The van der Waals surface area contributed by atoms with Crippen molar-refractivity contribution in [3.8, 4) is 0 Å². The van der Waals surface area contributed by atoms with E-state index in [4.69, 9.17) is 4.74 Å². The molecule has 0 aliphatic rings. The van der Waals surface area contributed by atoms with E-state index in [-0.39, 0.29) is 17.8 Å². The van der Waals surface area contributed by atoms with Gasteiger partial charge in [0, 0.05) is 30.7 Å². The molecule has 1 rings (SSSR count). The van der Waals surface area contributed by atoms with Crippen LogP contribution in [0.4, 0.5) is 4.39 Å². The van der Waals surface area contributed by atoms with Crippen LogP contribution in [0.2, 0.25) is 0 Å². The molecule has 1 N–H and O–H groups in total. The van der Waals surface area contributed by atoms with E-state index >= 15 is 0 Å². The Balaban J connectivity index is 2.65. The van der Waals surface area contributed by atoms with Crippen molar-refractivity contribution in [2.75, 3.05) is 19.0 Å². The van der Waals surface area contributed by atoms with Crippen LogP contribution in [0.15, 0.2) is 18.2 Å². The molecule has 1 aromatic rings. The van der Waals surface area contributed by atoms with Gasteiger partial charge in [0.05, 0.1) is 0 Å². The van der Waals surface area contributed by atoms with Crippen LogP contribution in [-0.4, -0.2) is 31.0 Å². The van der Waals surface area contributed by atoms with Gasteiger partial charge in [0.15, 0.2) is 0 Å². The first kappa shape index (κ1) is 15.1. The molecule has 0 saturated carbocycles. The highest BCUT2D eigenvalue weighted by molar-refractivity contribution is 9.09. The molecular weight excluding hydrogens is 301 g/mol. The van der Waals surface area contributed by atoms with Crippen LogP contribution in [0.25, 0.3) is 0 Å².